The number of hydrogen-bond acceptors (Lipinski definition) is 4. The van der Waals surface area contributed by atoms with Crippen LogP contribution in [0.4, 0.5) is 0 Å². The summed E-state index contributed by atoms with van der Waals surface area (Å²) in [6, 6.07) is 0.0488. The first-order chi connectivity index (χ1) is 8.51. The molecule has 0 aliphatic carbocycles. The Bertz CT molecular complexity index is 366. The van der Waals surface area contributed by atoms with Crippen molar-refractivity contribution in [3.8, 4) is 0 Å². The topological polar surface area (TPSA) is 75.9 Å². The third-order valence-electron chi connectivity index (χ3n) is 3.79. The molecule has 0 saturated carbocycles. The minimum absolute atomic E-state index is 0.0488. The van der Waals surface area contributed by atoms with Gasteiger partial charge in [-0.05, 0) is 25.7 Å². The maximum atomic E-state index is 12.5. The normalized spacial score (nSPS) is 30.2. The average Bonchev–Trinajstić information content (AvgIpc) is 2.40. The summed E-state index contributed by atoms with van der Waals surface area (Å²) in [6.07, 6.45) is 1.92. The Labute approximate surface area is 109 Å². The third-order valence-corrected chi connectivity index (χ3v) is 5.79. The highest BCUT2D eigenvalue weighted by atomic mass is 32.2. The van der Waals surface area contributed by atoms with E-state index in [9.17, 15) is 8.42 Å². The molecule has 2 aliphatic rings. The van der Waals surface area contributed by atoms with Crippen LogP contribution in [-0.4, -0.2) is 62.5 Å². The highest BCUT2D eigenvalue weighted by Gasteiger charge is 2.35. The third kappa shape index (κ3) is 3.03. The Morgan fingerprint density at radius 3 is 2.50 bits per heavy atom. The van der Waals surface area contributed by atoms with Gasteiger partial charge in [0.25, 0.3) is 10.2 Å². The summed E-state index contributed by atoms with van der Waals surface area (Å²) in [5.74, 6) is 0.273. The molecule has 2 heterocycles. The number of rotatable bonds is 3. The fourth-order valence-corrected chi connectivity index (χ4v) is 4.23. The van der Waals surface area contributed by atoms with Crippen molar-refractivity contribution in [1.82, 2.24) is 8.61 Å². The second-order valence-corrected chi connectivity index (χ2v) is 7.07. The van der Waals surface area contributed by atoms with E-state index in [1.165, 1.54) is 4.31 Å². The maximum absolute atomic E-state index is 12.5. The lowest BCUT2D eigenvalue weighted by Gasteiger charge is -2.37. The minimum atomic E-state index is -3.32. The monoisotopic (exact) mass is 277 g/mol. The van der Waals surface area contributed by atoms with Crippen molar-refractivity contribution < 1.29 is 13.2 Å². The van der Waals surface area contributed by atoms with Crippen LogP contribution in [0.5, 0.6) is 0 Å². The van der Waals surface area contributed by atoms with E-state index in [0.29, 0.717) is 39.4 Å². The van der Waals surface area contributed by atoms with Crippen molar-refractivity contribution >= 4 is 10.2 Å². The lowest BCUT2D eigenvalue weighted by molar-refractivity contribution is 0.0689. The number of ether oxygens (including phenoxy) is 1. The minimum Gasteiger partial charge on any atom is -0.379 e. The standard InChI is InChI=1S/C11H23N3O3S/c1-10(12)11-3-2-4-14(9-11)18(15,16)13-5-7-17-8-6-13/h10-11H,2-9,12H2,1H3. The SMILES string of the molecule is CC(N)C1CCCN(S(=O)(=O)N2CCOCC2)C1. The van der Waals surface area contributed by atoms with E-state index in [1.54, 1.807) is 4.31 Å². The van der Waals surface area contributed by atoms with E-state index in [2.05, 4.69) is 0 Å². The van der Waals surface area contributed by atoms with Crippen LogP contribution in [-0.2, 0) is 14.9 Å². The van der Waals surface area contributed by atoms with Gasteiger partial charge in [0.1, 0.15) is 0 Å². The lowest BCUT2D eigenvalue weighted by Crippen LogP contribution is -2.52. The van der Waals surface area contributed by atoms with Crippen LogP contribution < -0.4 is 5.73 Å². The fraction of sp³-hybridized carbons (Fsp3) is 1.00. The van der Waals surface area contributed by atoms with Crippen molar-refractivity contribution in [3.63, 3.8) is 0 Å². The Morgan fingerprint density at radius 2 is 1.89 bits per heavy atom. The molecule has 2 rings (SSSR count). The van der Waals surface area contributed by atoms with E-state index < -0.39 is 10.2 Å². The van der Waals surface area contributed by atoms with Gasteiger partial charge in [-0.25, -0.2) is 0 Å². The quantitative estimate of drug-likeness (QED) is 0.763. The molecule has 0 aromatic rings. The first-order valence-electron chi connectivity index (χ1n) is 6.60. The Morgan fingerprint density at radius 1 is 1.22 bits per heavy atom. The molecule has 0 radical (unpaired) electrons. The smallest absolute Gasteiger partial charge is 0.282 e. The highest BCUT2D eigenvalue weighted by Crippen LogP contribution is 2.23. The number of morpholine rings is 1. The van der Waals surface area contributed by atoms with Gasteiger partial charge in [-0.2, -0.15) is 17.0 Å². The van der Waals surface area contributed by atoms with Crippen molar-refractivity contribution in [2.24, 2.45) is 11.7 Å². The number of hydrogen-bond donors (Lipinski definition) is 1. The predicted octanol–water partition coefficient (Wildman–Crippen LogP) is -0.377. The second kappa shape index (κ2) is 5.83. The number of piperidine rings is 1. The Hall–Kier alpha value is -0.210. The van der Waals surface area contributed by atoms with Crippen molar-refractivity contribution in [2.45, 2.75) is 25.8 Å². The summed E-state index contributed by atoms with van der Waals surface area (Å²) in [5.41, 5.74) is 5.90. The van der Waals surface area contributed by atoms with Crippen LogP contribution in [0.2, 0.25) is 0 Å². The summed E-state index contributed by atoms with van der Waals surface area (Å²) >= 11 is 0. The predicted molar refractivity (Wildman–Crippen MR) is 69.3 cm³/mol. The van der Waals surface area contributed by atoms with E-state index in [-0.39, 0.29) is 12.0 Å². The molecule has 2 unspecified atom stereocenters. The number of nitrogens with zero attached hydrogens (tertiary/aromatic N) is 2. The van der Waals surface area contributed by atoms with E-state index in [1.807, 2.05) is 6.92 Å². The molecule has 6 nitrogen and oxygen atoms in total. The Balaban J connectivity index is 2.04. The summed E-state index contributed by atoms with van der Waals surface area (Å²) in [6.45, 7) is 5.02. The molecule has 2 N–H and O–H groups in total. The molecule has 18 heavy (non-hydrogen) atoms. The molecule has 0 spiro atoms. The molecule has 2 atom stereocenters. The van der Waals surface area contributed by atoms with Gasteiger partial charge >= 0.3 is 0 Å². The largest absolute Gasteiger partial charge is 0.379 e. The maximum Gasteiger partial charge on any atom is 0.282 e. The van der Waals surface area contributed by atoms with Gasteiger partial charge in [0.15, 0.2) is 0 Å². The van der Waals surface area contributed by atoms with Gasteiger partial charge in [-0.3, -0.25) is 0 Å². The molecule has 2 fully saturated rings. The van der Waals surface area contributed by atoms with Crippen LogP contribution in [0, 0.1) is 5.92 Å². The Kier molecular flexibility index (Phi) is 4.60. The van der Waals surface area contributed by atoms with E-state index in [4.69, 9.17) is 10.5 Å². The van der Waals surface area contributed by atoms with Gasteiger partial charge < -0.3 is 10.5 Å². The zero-order chi connectivity index (χ0) is 13.2. The van der Waals surface area contributed by atoms with Gasteiger partial charge in [0.2, 0.25) is 0 Å². The van der Waals surface area contributed by atoms with Crippen molar-refractivity contribution in [3.05, 3.63) is 0 Å². The molecule has 0 aromatic carbocycles. The first-order valence-corrected chi connectivity index (χ1v) is 8.00. The van der Waals surface area contributed by atoms with Crippen molar-refractivity contribution in [1.29, 1.82) is 0 Å². The van der Waals surface area contributed by atoms with Crippen LogP contribution in [0.15, 0.2) is 0 Å². The molecule has 0 bridgehead atoms. The molecule has 0 aromatic heterocycles. The molecule has 0 amide bonds. The van der Waals surface area contributed by atoms with Gasteiger partial charge in [-0.1, -0.05) is 0 Å². The molecule has 106 valence electrons. The summed E-state index contributed by atoms with van der Waals surface area (Å²) in [7, 11) is -3.32. The van der Waals surface area contributed by atoms with Gasteiger partial charge in [-0.15, -0.1) is 0 Å². The average molecular weight is 277 g/mol. The molecule has 2 aliphatic heterocycles. The van der Waals surface area contributed by atoms with Crippen LogP contribution in [0.25, 0.3) is 0 Å². The zero-order valence-corrected chi connectivity index (χ0v) is 11.7. The van der Waals surface area contributed by atoms with Gasteiger partial charge in [0, 0.05) is 32.2 Å². The molecular weight excluding hydrogens is 254 g/mol. The van der Waals surface area contributed by atoms with E-state index >= 15 is 0 Å². The van der Waals surface area contributed by atoms with E-state index in [0.717, 1.165) is 12.8 Å². The fourth-order valence-electron chi connectivity index (χ4n) is 2.55. The number of nitrogens with two attached hydrogens (primary N) is 1. The van der Waals surface area contributed by atoms with Gasteiger partial charge in [0.05, 0.1) is 13.2 Å². The van der Waals surface area contributed by atoms with Crippen molar-refractivity contribution in [2.75, 3.05) is 39.4 Å². The van der Waals surface area contributed by atoms with Crippen LogP contribution in [0.1, 0.15) is 19.8 Å². The summed E-state index contributed by atoms with van der Waals surface area (Å²) in [5, 5.41) is 0. The summed E-state index contributed by atoms with van der Waals surface area (Å²) in [4.78, 5) is 0. The second-order valence-electron chi connectivity index (χ2n) is 5.14. The van der Waals surface area contributed by atoms with Crippen LogP contribution in [0.3, 0.4) is 0 Å². The first kappa shape index (κ1) is 14.2. The molecule has 7 heteroatoms. The van der Waals surface area contributed by atoms with Crippen LogP contribution >= 0.6 is 0 Å². The lowest BCUT2D eigenvalue weighted by atomic mass is 9.93. The zero-order valence-electron chi connectivity index (χ0n) is 10.9. The highest BCUT2D eigenvalue weighted by molar-refractivity contribution is 7.86. The molecule has 2 saturated heterocycles. The summed E-state index contributed by atoms with van der Waals surface area (Å²) < 4.78 is 33.2. The molecular formula is C11H23N3O3S.